The molecule has 2 aliphatic rings. The summed E-state index contributed by atoms with van der Waals surface area (Å²) >= 11 is 5.78. The van der Waals surface area contributed by atoms with Gasteiger partial charge in [0.15, 0.2) is 0 Å². The Morgan fingerprint density at radius 1 is 1.15 bits per heavy atom. The molecule has 0 bridgehead atoms. The Balaban J connectivity index is 1.82. The third kappa shape index (κ3) is 2.32. The van der Waals surface area contributed by atoms with Gasteiger partial charge in [-0.1, -0.05) is 11.6 Å². The van der Waals surface area contributed by atoms with Crippen LogP contribution in [-0.4, -0.2) is 49.2 Å². The van der Waals surface area contributed by atoms with Crippen molar-refractivity contribution in [3.63, 3.8) is 0 Å². The summed E-state index contributed by atoms with van der Waals surface area (Å²) in [6.45, 7) is 1.22. The molecule has 20 heavy (non-hydrogen) atoms. The third-order valence-corrected chi connectivity index (χ3v) is 6.04. The van der Waals surface area contributed by atoms with Crippen LogP contribution in [0.5, 0.6) is 0 Å². The van der Waals surface area contributed by atoms with Gasteiger partial charge in [-0.25, -0.2) is 8.42 Å². The molecule has 0 aliphatic carbocycles. The van der Waals surface area contributed by atoms with Crippen molar-refractivity contribution in [2.75, 3.05) is 19.6 Å². The molecule has 7 heteroatoms. The molecule has 2 saturated heterocycles. The topological polar surface area (TPSA) is 57.7 Å². The van der Waals surface area contributed by atoms with Crippen LogP contribution in [0.3, 0.4) is 0 Å². The summed E-state index contributed by atoms with van der Waals surface area (Å²) in [5, 5.41) is 0.509. The molecule has 2 heterocycles. The van der Waals surface area contributed by atoms with Gasteiger partial charge in [0.05, 0.1) is 4.90 Å². The first-order valence-electron chi connectivity index (χ1n) is 6.54. The summed E-state index contributed by atoms with van der Waals surface area (Å²) in [7, 11) is -3.50. The van der Waals surface area contributed by atoms with E-state index in [9.17, 15) is 13.2 Å². The number of sulfonamides is 1. The standard InChI is InChI=1S/C13H15ClN2O3S/c14-10-1-4-12(5-2-10)20(18,19)15-7-8-16-11(9-15)3-6-13(16)17/h1-2,4-5,11H,3,6-9H2. The summed E-state index contributed by atoms with van der Waals surface area (Å²) in [4.78, 5) is 13.7. The van der Waals surface area contributed by atoms with Crippen LogP contribution in [0, 0.1) is 0 Å². The molecule has 2 fully saturated rings. The lowest BCUT2D eigenvalue weighted by molar-refractivity contribution is -0.130. The van der Waals surface area contributed by atoms with Crippen molar-refractivity contribution in [3.8, 4) is 0 Å². The smallest absolute Gasteiger partial charge is 0.243 e. The van der Waals surface area contributed by atoms with Gasteiger partial charge in [-0.15, -0.1) is 0 Å². The monoisotopic (exact) mass is 314 g/mol. The van der Waals surface area contributed by atoms with Crippen molar-refractivity contribution in [1.29, 1.82) is 0 Å². The summed E-state index contributed by atoms with van der Waals surface area (Å²) in [5.41, 5.74) is 0. The summed E-state index contributed by atoms with van der Waals surface area (Å²) in [6.07, 6.45) is 1.27. The number of nitrogens with zero attached hydrogens (tertiary/aromatic N) is 2. The molecule has 1 aromatic rings. The third-order valence-electron chi connectivity index (χ3n) is 3.91. The minimum atomic E-state index is -3.50. The molecular weight excluding hydrogens is 300 g/mol. The van der Waals surface area contributed by atoms with Gasteiger partial charge >= 0.3 is 0 Å². The Bertz CT molecular complexity index is 630. The zero-order chi connectivity index (χ0) is 14.3. The molecule has 0 N–H and O–H groups in total. The average Bonchev–Trinajstić information content (AvgIpc) is 2.80. The molecule has 5 nitrogen and oxygen atoms in total. The normalized spacial score (nSPS) is 23.9. The molecule has 0 radical (unpaired) electrons. The Hall–Kier alpha value is -1.11. The van der Waals surface area contributed by atoms with Gasteiger partial charge < -0.3 is 4.90 Å². The second-order valence-corrected chi connectivity index (χ2v) is 7.47. The number of hydrogen-bond acceptors (Lipinski definition) is 3. The molecule has 2 aliphatic heterocycles. The van der Waals surface area contributed by atoms with Crippen LogP contribution >= 0.6 is 11.6 Å². The van der Waals surface area contributed by atoms with Crippen LogP contribution in [0.15, 0.2) is 29.2 Å². The number of carbonyl (C=O) groups is 1. The van der Waals surface area contributed by atoms with Crippen molar-refractivity contribution in [3.05, 3.63) is 29.3 Å². The largest absolute Gasteiger partial charge is 0.337 e. The molecule has 0 aromatic heterocycles. The van der Waals surface area contributed by atoms with E-state index in [2.05, 4.69) is 0 Å². The van der Waals surface area contributed by atoms with Crippen LogP contribution in [0.4, 0.5) is 0 Å². The van der Waals surface area contributed by atoms with Gasteiger partial charge in [-0.3, -0.25) is 4.79 Å². The predicted molar refractivity (Wildman–Crippen MR) is 74.9 cm³/mol. The first-order chi connectivity index (χ1) is 9.48. The van der Waals surface area contributed by atoms with Gasteiger partial charge in [0, 0.05) is 37.1 Å². The Kier molecular flexibility index (Phi) is 3.48. The van der Waals surface area contributed by atoms with E-state index in [1.54, 1.807) is 17.0 Å². The number of halogens is 1. The number of benzene rings is 1. The molecule has 1 unspecified atom stereocenters. The second-order valence-electron chi connectivity index (χ2n) is 5.10. The van der Waals surface area contributed by atoms with E-state index in [4.69, 9.17) is 11.6 Å². The minimum absolute atomic E-state index is 0.0262. The second kappa shape index (κ2) is 5.02. The van der Waals surface area contributed by atoms with E-state index in [-0.39, 0.29) is 16.8 Å². The molecular formula is C13H15ClN2O3S. The number of piperazine rings is 1. The summed E-state index contributed by atoms with van der Waals surface area (Å²) < 4.78 is 26.6. The molecule has 1 amide bonds. The average molecular weight is 315 g/mol. The highest BCUT2D eigenvalue weighted by atomic mass is 35.5. The van der Waals surface area contributed by atoms with E-state index in [0.717, 1.165) is 6.42 Å². The lowest BCUT2D eigenvalue weighted by atomic mass is 10.2. The van der Waals surface area contributed by atoms with Gasteiger partial charge in [-0.2, -0.15) is 4.31 Å². The Morgan fingerprint density at radius 3 is 2.55 bits per heavy atom. The SMILES string of the molecule is O=C1CCC2CN(S(=O)(=O)c3ccc(Cl)cc3)CCN12. The van der Waals surface area contributed by atoms with Crippen LogP contribution in [0.1, 0.15) is 12.8 Å². The first kappa shape index (κ1) is 13.9. The number of carbonyl (C=O) groups excluding carboxylic acids is 1. The number of hydrogen-bond donors (Lipinski definition) is 0. The number of amides is 1. The van der Waals surface area contributed by atoms with Crippen LogP contribution in [0.2, 0.25) is 5.02 Å². The molecule has 108 valence electrons. The predicted octanol–water partition coefficient (Wildman–Crippen LogP) is 1.34. The molecule has 0 spiro atoms. The van der Waals surface area contributed by atoms with Crippen molar-refractivity contribution >= 4 is 27.5 Å². The van der Waals surface area contributed by atoms with E-state index in [1.807, 2.05) is 0 Å². The molecule has 0 saturated carbocycles. The summed E-state index contributed by atoms with van der Waals surface area (Å²) in [5.74, 6) is 0.138. The van der Waals surface area contributed by atoms with Crippen LogP contribution < -0.4 is 0 Å². The van der Waals surface area contributed by atoms with Gasteiger partial charge in [0.25, 0.3) is 0 Å². The fourth-order valence-electron chi connectivity index (χ4n) is 2.81. The zero-order valence-electron chi connectivity index (χ0n) is 10.8. The van der Waals surface area contributed by atoms with E-state index < -0.39 is 10.0 Å². The highest BCUT2D eigenvalue weighted by Gasteiger charge is 2.39. The highest BCUT2D eigenvalue weighted by molar-refractivity contribution is 7.89. The molecule has 3 rings (SSSR count). The molecule has 1 atom stereocenters. The van der Waals surface area contributed by atoms with E-state index in [0.29, 0.717) is 31.1 Å². The van der Waals surface area contributed by atoms with E-state index >= 15 is 0 Å². The highest BCUT2D eigenvalue weighted by Crippen LogP contribution is 2.27. The van der Waals surface area contributed by atoms with E-state index in [1.165, 1.54) is 16.4 Å². The fraction of sp³-hybridized carbons (Fsp3) is 0.462. The van der Waals surface area contributed by atoms with Crippen molar-refractivity contribution < 1.29 is 13.2 Å². The lowest BCUT2D eigenvalue weighted by Gasteiger charge is -2.36. The van der Waals surface area contributed by atoms with Crippen molar-refractivity contribution in [1.82, 2.24) is 9.21 Å². The first-order valence-corrected chi connectivity index (χ1v) is 8.35. The summed E-state index contributed by atoms with van der Waals surface area (Å²) in [6, 6.07) is 6.21. The van der Waals surface area contributed by atoms with Gasteiger partial charge in [0.1, 0.15) is 0 Å². The van der Waals surface area contributed by atoms with Crippen molar-refractivity contribution in [2.24, 2.45) is 0 Å². The maximum absolute atomic E-state index is 12.5. The lowest BCUT2D eigenvalue weighted by Crippen LogP contribution is -2.53. The fourth-order valence-corrected chi connectivity index (χ4v) is 4.40. The maximum atomic E-state index is 12.5. The molecule has 1 aromatic carbocycles. The zero-order valence-corrected chi connectivity index (χ0v) is 12.4. The van der Waals surface area contributed by atoms with Crippen molar-refractivity contribution in [2.45, 2.75) is 23.8 Å². The Labute approximate surface area is 123 Å². The van der Waals surface area contributed by atoms with Crippen LogP contribution in [-0.2, 0) is 14.8 Å². The number of fused-ring (bicyclic) bond motifs is 1. The van der Waals surface area contributed by atoms with Crippen LogP contribution in [0.25, 0.3) is 0 Å². The quantitative estimate of drug-likeness (QED) is 0.827. The minimum Gasteiger partial charge on any atom is -0.337 e. The van der Waals surface area contributed by atoms with Gasteiger partial charge in [0.2, 0.25) is 15.9 Å². The Morgan fingerprint density at radius 2 is 1.85 bits per heavy atom. The van der Waals surface area contributed by atoms with Gasteiger partial charge in [-0.05, 0) is 30.7 Å². The number of rotatable bonds is 2. The maximum Gasteiger partial charge on any atom is 0.243 e.